The number of anilines is 1. The summed E-state index contributed by atoms with van der Waals surface area (Å²) in [4.78, 5) is 20.8. The normalized spacial score (nSPS) is 22.7. The molecule has 0 unspecified atom stereocenters. The Morgan fingerprint density at radius 3 is 2.68 bits per heavy atom. The summed E-state index contributed by atoms with van der Waals surface area (Å²) in [6, 6.07) is 6.39. The molecule has 8 heteroatoms. The summed E-state index contributed by atoms with van der Waals surface area (Å²) in [6.07, 6.45) is 6.24. The minimum atomic E-state index is 0.157. The maximum atomic E-state index is 12.2. The Morgan fingerprint density at radius 1 is 1.24 bits per heavy atom. The van der Waals surface area contributed by atoms with Gasteiger partial charge in [0, 0.05) is 37.1 Å². The summed E-state index contributed by atoms with van der Waals surface area (Å²) in [5, 5.41) is 4.71. The van der Waals surface area contributed by atoms with Gasteiger partial charge in [0.2, 0.25) is 5.91 Å². The Labute approximate surface area is 206 Å². The zero-order valence-electron chi connectivity index (χ0n) is 20.2. The number of amides is 1. The van der Waals surface area contributed by atoms with Crippen LogP contribution in [0.3, 0.4) is 0 Å². The zero-order valence-corrected chi connectivity index (χ0v) is 21.0. The van der Waals surface area contributed by atoms with Crippen molar-refractivity contribution in [2.75, 3.05) is 37.7 Å². The molecule has 7 nitrogen and oxygen atoms in total. The molecule has 2 aliphatic heterocycles. The van der Waals surface area contributed by atoms with E-state index in [1.807, 2.05) is 23.1 Å². The topological polar surface area (TPSA) is 71.7 Å². The molecule has 5 rings (SSSR count). The minimum absolute atomic E-state index is 0.157. The Kier molecular flexibility index (Phi) is 7.00. The van der Waals surface area contributed by atoms with Gasteiger partial charge < -0.3 is 19.1 Å². The monoisotopic (exact) mass is 486 g/mol. The van der Waals surface area contributed by atoms with Crippen LogP contribution in [0.15, 0.2) is 22.7 Å². The second kappa shape index (κ2) is 10.1. The van der Waals surface area contributed by atoms with Crippen molar-refractivity contribution in [2.24, 2.45) is 17.8 Å². The molecule has 2 saturated heterocycles. The Morgan fingerprint density at radius 2 is 2.03 bits per heavy atom. The summed E-state index contributed by atoms with van der Waals surface area (Å²) >= 11 is 6.42. The highest BCUT2D eigenvalue weighted by Gasteiger charge is 2.43. The first-order chi connectivity index (χ1) is 16.5. The van der Waals surface area contributed by atoms with Crippen LogP contribution < -0.4 is 9.64 Å². The summed E-state index contributed by atoms with van der Waals surface area (Å²) in [7, 11) is 0. The molecule has 2 aromatic rings. The largest absolute Gasteiger partial charge is 0.494 e. The lowest BCUT2D eigenvalue weighted by Gasteiger charge is -2.31. The molecule has 3 aliphatic rings. The molecule has 1 aromatic carbocycles. The summed E-state index contributed by atoms with van der Waals surface area (Å²) < 4.78 is 11.5. The third-order valence-electron chi connectivity index (χ3n) is 7.67. The SMILES string of the molecule is CC(C)c1noc(N2CCC([C@H]3C[C@H]3CCOc3ccc(CC(=O)N4CCC4)c(Cl)c3)CC2)n1. The number of piperidine rings is 1. The molecule has 1 amide bonds. The molecule has 34 heavy (non-hydrogen) atoms. The molecule has 3 fully saturated rings. The molecule has 0 bridgehead atoms. The Bertz CT molecular complexity index is 998. The van der Waals surface area contributed by atoms with Crippen LogP contribution in [0.5, 0.6) is 5.75 Å². The molecule has 0 radical (unpaired) electrons. The average molecular weight is 487 g/mol. The van der Waals surface area contributed by atoms with Gasteiger partial charge in [0.25, 0.3) is 0 Å². The number of hydrogen-bond acceptors (Lipinski definition) is 6. The fraction of sp³-hybridized carbons (Fsp3) is 0.654. The van der Waals surface area contributed by atoms with Crippen LogP contribution in [0, 0.1) is 17.8 Å². The lowest BCUT2D eigenvalue weighted by atomic mass is 9.90. The number of carbonyl (C=O) groups is 1. The van der Waals surface area contributed by atoms with E-state index in [0.29, 0.717) is 24.1 Å². The van der Waals surface area contributed by atoms with Crippen molar-refractivity contribution in [1.82, 2.24) is 15.0 Å². The van der Waals surface area contributed by atoms with E-state index < -0.39 is 0 Å². The van der Waals surface area contributed by atoms with Gasteiger partial charge in [0.15, 0.2) is 5.82 Å². The van der Waals surface area contributed by atoms with E-state index in [1.165, 1.54) is 19.3 Å². The van der Waals surface area contributed by atoms with E-state index in [0.717, 1.165) is 73.9 Å². The van der Waals surface area contributed by atoms with Gasteiger partial charge >= 0.3 is 6.01 Å². The average Bonchev–Trinajstić information content (AvgIpc) is 3.37. The smallest absolute Gasteiger partial charge is 0.324 e. The van der Waals surface area contributed by atoms with Crippen LogP contribution in [-0.2, 0) is 11.2 Å². The predicted molar refractivity (Wildman–Crippen MR) is 131 cm³/mol. The van der Waals surface area contributed by atoms with Crippen molar-refractivity contribution in [2.45, 2.75) is 58.3 Å². The van der Waals surface area contributed by atoms with Gasteiger partial charge in [-0.1, -0.05) is 36.7 Å². The quantitative estimate of drug-likeness (QED) is 0.499. The maximum Gasteiger partial charge on any atom is 0.324 e. The molecular formula is C26H35ClN4O3. The summed E-state index contributed by atoms with van der Waals surface area (Å²) in [6.45, 7) is 8.61. The standard InChI is InChI=1S/C26H35ClN4O3/c1-17(2)25-28-26(34-29-25)31-11-6-18(7-12-31)22-14-19(22)8-13-33-21-5-4-20(23(27)16-21)15-24(32)30-9-3-10-30/h4-5,16-19,22H,3,6-15H2,1-2H3/t19-,22-/m1/s1. The van der Waals surface area contributed by atoms with Crippen LogP contribution in [0.2, 0.25) is 5.02 Å². The minimum Gasteiger partial charge on any atom is -0.494 e. The number of ether oxygens (including phenoxy) is 1. The van der Waals surface area contributed by atoms with Crippen molar-refractivity contribution >= 4 is 23.5 Å². The number of halogens is 1. The number of carbonyl (C=O) groups excluding carboxylic acids is 1. The lowest BCUT2D eigenvalue weighted by molar-refractivity contribution is -0.133. The van der Waals surface area contributed by atoms with Crippen molar-refractivity contribution in [3.63, 3.8) is 0 Å². The number of benzene rings is 1. The molecule has 184 valence electrons. The van der Waals surface area contributed by atoms with E-state index in [1.54, 1.807) is 0 Å². The van der Waals surface area contributed by atoms with Crippen molar-refractivity contribution in [3.05, 3.63) is 34.6 Å². The first kappa shape index (κ1) is 23.5. The lowest BCUT2D eigenvalue weighted by Crippen LogP contribution is -2.42. The third-order valence-corrected chi connectivity index (χ3v) is 8.02. The second-order valence-electron chi connectivity index (χ2n) is 10.4. The van der Waals surface area contributed by atoms with Crippen molar-refractivity contribution < 1.29 is 14.1 Å². The molecular weight excluding hydrogens is 452 g/mol. The van der Waals surface area contributed by atoms with Gasteiger partial charge in [-0.3, -0.25) is 4.79 Å². The summed E-state index contributed by atoms with van der Waals surface area (Å²) in [5.41, 5.74) is 0.875. The number of rotatable bonds is 9. The van der Waals surface area contributed by atoms with E-state index in [2.05, 4.69) is 28.9 Å². The number of nitrogens with zero attached hydrogens (tertiary/aromatic N) is 4. The number of aromatic nitrogens is 2. The first-order valence-electron chi connectivity index (χ1n) is 12.8. The number of hydrogen-bond donors (Lipinski definition) is 0. The fourth-order valence-corrected chi connectivity index (χ4v) is 5.46. The fourth-order valence-electron chi connectivity index (χ4n) is 5.22. The summed E-state index contributed by atoms with van der Waals surface area (Å²) in [5.74, 6) is 4.38. The molecule has 1 aliphatic carbocycles. The van der Waals surface area contributed by atoms with Crippen molar-refractivity contribution in [1.29, 1.82) is 0 Å². The third kappa shape index (κ3) is 5.35. The van der Waals surface area contributed by atoms with Gasteiger partial charge in [-0.05, 0) is 67.6 Å². The van der Waals surface area contributed by atoms with Crippen molar-refractivity contribution in [3.8, 4) is 5.75 Å². The Balaban J connectivity index is 1.02. The van der Waals surface area contributed by atoms with Crippen LogP contribution in [0.25, 0.3) is 0 Å². The Hall–Kier alpha value is -2.28. The van der Waals surface area contributed by atoms with E-state index in [-0.39, 0.29) is 11.8 Å². The van der Waals surface area contributed by atoms with E-state index in [9.17, 15) is 4.79 Å². The van der Waals surface area contributed by atoms with Crippen LogP contribution in [-0.4, -0.2) is 53.7 Å². The first-order valence-corrected chi connectivity index (χ1v) is 13.1. The molecule has 2 atom stereocenters. The van der Waals surface area contributed by atoms with Crippen LogP contribution in [0.1, 0.15) is 63.3 Å². The van der Waals surface area contributed by atoms with Gasteiger partial charge in [-0.25, -0.2) is 0 Å². The van der Waals surface area contributed by atoms with Crippen LogP contribution >= 0.6 is 11.6 Å². The highest BCUT2D eigenvalue weighted by molar-refractivity contribution is 6.31. The van der Waals surface area contributed by atoms with Gasteiger partial charge in [-0.15, -0.1) is 0 Å². The highest BCUT2D eigenvalue weighted by atomic mass is 35.5. The molecule has 3 heterocycles. The molecule has 0 spiro atoms. The molecule has 0 N–H and O–H groups in total. The molecule has 1 saturated carbocycles. The van der Waals surface area contributed by atoms with Crippen LogP contribution in [0.4, 0.5) is 6.01 Å². The van der Waals surface area contributed by atoms with E-state index >= 15 is 0 Å². The van der Waals surface area contributed by atoms with Gasteiger partial charge in [0.05, 0.1) is 13.0 Å². The number of likely N-dealkylation sites (tertiary alicyclic amines) is 1. The highest BCUT2D eigenvalue weighted by Crippen LogP contribution is 2.50. The molecule has 1 aromatic heterocycles. The van der Waals surface area contributed by atoms with Gasteiger partial charge in [-0.2, -0.15) is 4.98 Å². The predicted octanol–water partition coefficient (Wildman–Crippen LogP) is 4.94. The maximum absolute atomic E-state index is 12.2. The van der Waals surface area contributed by atoms with Gasteiger partial charge in [0.1, 0.15) is 5.75 Å². The van der Waals surface area contributed by atoms with E-state index in [4.69, 9.17) is 20.9 Å². The second-order valence-corrected chi connectivity index (χ2v) is 10.8. The zero-order chi connectivity index (χ0) is 23.7.